The molecule has 0 radical (unpaired) electrons. The van der Waals surface area contributed by atoms with Crippen molar-refractivity contribution < 1.29 is 4.74 Å². The number of halogens is 1. The minimum atomic E-state index is 0.0547. The minimum absolute atomic E-state index is 0.0547. The summed E-state index contributed by atoms with van der Waals surface area (Å²) in [5.41, 5.74) is 1.17. The number of methoxy groups -OCH3 is 1. The highest BCUT2D eigenvalue weighted by Crippen LogP contribution is 2.24. The fourth-order valence-corrected chi connectivity index (χ4v) is 2.77. The number of alkyl halides is 1. The molecule has 19 heavy (non-hydrogen) atoms. The summed E-state index contributed by atoms with van der Waals surface area (Å²) in [5, 5.41) is 0.0547. The van der Waals surface area contributed by atoms with E-state index >= 15 is 0 Å². The second kappa shape index (κ2) is 7.13. The van der Waals surface area contributed by atoms with Crippen molar-refractivity contribution in [2.24, 2.45) is 0 Å². The lowest BCUT2D eigenvalue weighted by Crippen LogP contribution is -2.46. The third-order valence-corrected chi connectivity index (χ3v) is 4.20. The predicted octanol–water partition coefficient (Wildman–Crippen LogP) is 2.61. The van der Waals surface area contributed by atoms with Crippen molar-refractivity contribution in [2.45, 2.75) is 12.3 Å². The second-order valence-electron chi connectivity index (χ2n) is 4.98. The van der Waals surface area contributed by atoms with Gasteiger partial charge in [-0.1, -0.05) is 19.1 Å². The molecular formula is C15H23ClN2O. The monoisotopic (exact) mass is 282 g/mol. The lowest BCUT2D eigenvalue weighted by molar-refractivity contribution is 0.137. The Morgan fingerprint density at radius 3 is 2.21 bits per heavy atom. The van der Waals surface area contributed by atoms with Gasteiger partial charge in [0, 0.05) is 32.7 Å². The van der Waals surface area contributed by atoms with Crippen LogP contribution in [0.1, 0.15) is 17.9 Å². The first-order valence-electron chi connectivity index (χ1n) is 6.95. The molecule has 0 amide bonds. The van der Waals surface area contributed by atoms with Crippen molar-refractivity contribution in [3.05, 3.63) is 29.8 Å². The van der Waals surface area contributed by atoms with Crippen LogP contribution < -0.4 is 4.74 Å². The van der Waals surface area contributed by atoms with Gasteiger partial charge in [0.1, 0.15) is 5.75 Å². The Balaban J connectivity index is 1.85. The van der Waals surface area contributed by atoms with Crippen LogP contribution in [0.4, 0.5) is 0 Å². The van der Waals surface area contributed by atoms with E-state index < -0.39 is 0 Å². The maximum Gasteiger partial charge on any atom is 0.118 e. The Morgan fingerprint density at radius 2 is 1.68 bits per heavy atom. The number of ether oxygens (including phenoxy) is 1. The Bertz CT molecular complexity index is 374. The Labute approximate surface area is 121 Å². The average Bonchev–Trinajstić information content (AvgIpc) is 2.48. The zero-order valence-electron chi connectivity index (χ0n) is 11.8. The van der Waals surface area contributed by atoms with Gasteiger partial charge in [0.05, 0.1) is 12.5 Å². The molecule has 2 rings (SSSR count). The highest BCUT2D eigenvalue weighted by atomic mass is 35.5. The summed E-state index contributed by atoms with van der Waals surface area (Å²) in [6, 6.07) is 8.05. The smallest absolute Gasteiger partial charge is 0.118 e. The number of rotatable bonds is 5. The fraction of sp³-hybridized carbons (Fsp3) is 0.600. The van der Waals surface area contributed by atoms with Gasteiger partial charge in [-0.3, -0.25) is 4.90 Å². The van der Waals surface area contributed by atoms with E-state index in [0.29, 0.717) is 0 Å². The van der Waals surface area contributed by atoms with E-state index in [0.717, 1.165) is 45.0 Å². The SMILES string of the molecule is CCN1CCN(CC(Cl)c2ccc(OC)cc2)CC1. The van der Waals surface area contributed by atoms with Gasteiger partial charge >= 0.3 is 0 Å². The zero-order chi connectivity index (χ0) is 13.7. The van der Waals surface area contributed by atoms with Crippen molar-refractivity contribution in [3.63, 3.8) is 0 Å². The molecule has 0 saturated carbocycles. The van der Waals surface area contributed by atoms with Crippen LogP contribution in [0, 0.1) is 0 Å². The molecule has 1 aliphatic heterocycles. The summed E-state index contributed by atoms with van der Waals surface area (Å²) < 4.78 is 5.16. The molecule has 0 spiro atoms. The third-order valence-electron chi connectivity index (χ3n) is 3.81. The molecule has 1 fully saturated rings. The molecule has 1 saturated heterocycles. The molecule has 0 aliphatic carbocycles. The minimum Gasteiger partial charge on any atom is -0.497 e. The lowest BCUT2D eigenvalue weighted by Gasteiger charge is -2.35. The van der Waals surface area contributed by atoms with E-state index in [1.165, 1.54) is 5.56 Å². The van der Waals surface area contributed by atoms with E-state index in [-0.39, 0.29) is 5.38 Å². The number of likely N-dealkylation sites (N-methyl/N-ethyl adjacent to an activating group) is 1. The largest absolute Gasteiger partial charge is 0.497 e. The van der Waals surface area contributed by atoms with Crippen molar-refractivity contribution in [3.8, 4) is 5.75 Å². The number of piperazine rings is 1. The first-order valence-corrected chi connectivity index (χ1v) is 7.39. The molecule has 3 nitrogen and oxygen atoms in total. The summed E-state index contributed by atoms with van der Waals surface area (Å²) in [4.78, 5) is 4.93. The van der Waals surface area contributed by atoms with Gasteiger partial charge in [-0.15, -0.1) is 11.6 Å². The van der Waals surface area contributed by atoms with E-state index in [4.69, 9.17) is 16.3 Å². The van der Waals surface area contributed by atoms with Gasteiger partial charge in [0.2, 0.25) is 0 Å². The Morgan fingerprint density at radius 1 is 1.11 bits per heavy atom. The van der Waals surface area contributed by atoms with Crippen molar-refractivity contribution in [2.75, 3.05) is 46.4 Å². The number of nitrogens with zero attached hydrogens (tertiary/aromatic N) is 2. The number of hydrogen-bond donors (Lipinski definition) is 0. The molecule has 1 aromatic rings. The Hall–Kier alpha value is -0.770. The van der Waals surface area contributed by atoms with Gasteiger partial charge in [-0.05, 0) is 24.2 Å². The van der Waals surface area contributed by atoms with Gasteiger partial charge in [-0.2, -0.15) is 0 Å². The first kappa shape index (κ1) is 14.6. The fourth-order valence-electron chi connectivity index (χ4n) is 2.43. The van der Waals surface area contributed by atoms with E-state index in [2.05, 4.69) is 28.9 Å². The summed E-state index contributed by atoms with van der Waals surface area (Å²) in [6.45, 7) is 8.84. The van der Waals surface area contributed by atoms with Gasteiger partial charge in [0.15, 0.2) is 0 Å². The van der Waals surface area contributed by atoms with Gasteiger partial charge in [0.25, 0.3) is 0 Å². The summed E-state index contributed by atoms with van der Waals surface area (Å²) >= 11 is 6.51. The van der Waals surface area contributed by atoms with Gasteiger partial charge in [-0.25, -0.2) is 0 Å². The zero-order valence-corrected chi connectivity index (χ0v) is 12.6. The average molecular weight is 283 g/mol. The third kappa shape index (κ3) is 4.10. The molecule has 1 atom stereocenters. The van der Waals surface area contributed by atoms with Crippen LogP contribution in [0.15, 0.2) is 24.3 Å². The summed E-state index contributed by atoms with van der Waals surface area (Å²) in [7, 11) is 1.68. The van der Waals surface area contributed by atoms with Crippen LogP contribution in [0.3, 0.4) is 0 Å². The molecule has 1 heterocycles. The number of hydrogen-bond acceptors (Lipinski definition) is 3. The quantitative estimate of drug-likeness (QED) is 0.772. The first-order chi connectivity index (χ1) is 9.22. The van der Waals surface area contributed by atoms with E-state index in [9.17, 15) is 0 Å². The number of benzene rings is 1. The lowest BCUT2D eigenvalue weighted by atomic mass is 10.1. The molecule has 0 N–H and O–H groups in total. The van der Waals surface area contributed by atoms with Crippen LogP contribution >= 0.6 is 11.6 Å². The van der Waals surface area contributed by atoms with E-state index in [1.807, 2.05) is 12.1 Å². The highest BCUT2D eigenvalue weighted by Gasteiger charge is 2.19. The topological polar surface area (TPSA) is 15.7 Å². The van der Waals surface area contributed by atoms with Crippen LogP contribution in [0.2, 0.25) is 0 Å². The second-order valence-corrected chi connectivity index (χ2v) is 5.50. The normalized spacial score (nSPS) is 19.3. The van der Waals surface area contributed by atoms with Crippen LogP contribution in [-0.4, -0.2) is 56.2 Å². The maximum atomic E-state index is 6.51. The van der Waals surface area contributed by atoms with Crippen molar-refractivity contribution in [1.29, 1.82) is 0 Å². The standard InChI is InChI=1S/C15H23ClN2O/c1-3-17-8-10-18(11-9-17)12-15(16)13-4-6-14(19-2)7-5-13/h4-7,15H,3,8-12H2,1-2H3. The Kier molecular flexibility index (Phi) is 5.49. The molecule has 0 bridgehead atoms. The molecule has 106 valence electrons. The molecule has 0 aromatic heterocycles. The highest BCUT2D eigenvalue weighted by molar-refractivity contribution is 6.21. The molecular weight excluding hydrogens is 260 g/mol. The molecule has 4 heteroatoms. The summed E-state index contributed by atoms with van der Waals surface area (Å²) in [5.74, 6) is 0.879. The molecule has 1 aliphatic rings. The van der Waals surface area contributed by atoms with Gasteiger partial charge < -0.3 is 9.64 Å². The van der Waals surface area contributed by atoms with Crippen LogP contribution in [0.5, 0.6) is 5.75 Å². The van der Waals surface area contributed by atoms with Crippen molar-refractivity contribution in [1.82, 2.24) is 9.80 Å². The summed E-state index contributed by atoms with van der Waals surface area (Å²) in [6.07, 6.45) is 0. The van der Waals surface area contributed by atoms with Crippen molar-refractivity contribution >= 4 is 11.6 Å². The molecule has 1 aromatic carbocycles. The van der Waals surface area contributed by atoms with Crippen LogP contribution in [0.25, 0.3) is 0 Å². The van der Waals surface area contributed by atoms with Crippen LogP contribution in [-0.2, 0) is 0 Å². The molecule has 1 unspecified atom stereocenters. The van der Waals surface area contributed by atoms with E-state index in [1.54, 1.807) is 7.11 Å². The maximum absolute atomic E-state index is 6.51. The predicted molar refractivity (Wildman–Crippen MR) is 80.1 cm³/mol.